The Kier molecular flexibility index (Phi) is 6.43. The zero-order valence-electron chi connectivity index (χ0n) is 19.2. The van der Waals surface area contributed by atoms with Crippen LogP contribution in [0.25, 0.3) is 33.8 Å². The third-order valence-electron chi connectivity index (χ3n) is 5.66. The van der Waals surface area contributed by atoms with Gasteiger partial charge < -0.3 is 14.3 Å². The lowest BCUT2D eigenvalue weighted by Crippen LogP contribution is -2.13. The molecule has 0 spiro atoms. The van der Waals surface area contributed by atoms with E-state index in [9.17, 15) is 9.90 Å². The molecular weight excluding hydrogens is 476 g/mol. The summed E-state index contributed by atoms with van der Waals surface area (Å²) in [6.07, 6.45) is 0. The van der Waals surface area contributed by atoms with E-state index in [1.807, 2.05) is 42.5 Å². The van der Waals surface area contributed by atoms with Crippen molar-refractivity contribution in [2.24, 2.45) is 0 Å². The minimum atomic E-state index is -0.410. The van der Waals surface area contributed by atoms with Gasteiger partial charge in [0.1, 0.15) is 17.2 Å². The molecule has 6 nitrogen and oxygen atoms in total. The number of aromatic nitrogens is 1. The molecule has 0 atom stereocenters. The average molecular weight is 497 g/mol. The van der Waals surface area contributed by atoms with E-state index in [4.69, 9.17) is 20.8 Å². The van der Waals surface area contributed by atoms with Gasteiger partial charge in [-0.3, -0.25) is 10.1 Å². The van der Waals surface area contributed by atoms with Crippen molar-refractivity contribution in [2.75, 3.05) is 12.4 Å². The fraction of sp³-hybridized carbons (Fsp3) is 0.0345. The standard InChI is InChI=1S/C29H21ClN2O4/c1-35-21-15-16-23(25(33)17-21)22-9-5-6-10-24(22)27(34)32-29-26(18-11-13-20(30)14-12-18)31-28(36-29)19-7-3-2-4-8-19/h2-17,33H,1H3,(H,32,34). The Balaban J connectivity index is 1.55. The molecule has 1 amide bonds. The monoisotopic (exact) mass is 496 g/mol. The van der Waals surface area contributed by atoms with Gasteiger partial charge in [0.05, 0.1) is 7.11 Å². The molecule has 0 aliphatic carbocycles. The van der Waals surface area contributed by atoms with Crippen LogP contribution in [0.5, 0.6) is 11.5 Å². The molecule has 0 aliphatic rings. The van der Waals surface area contributed by atoms with Crippen LogP contribution < -0.4 is 10.1 Å². The van der Waals surface area contributed by atoms with Crippen LogP contribution in [0, 0.1) is 0 Å². The highest BCUT2D eigenvalue weighted by Gasteiger charge is 2.21. The molecule has 4 aromatic carbocycles. The maximum Gasteiger partial charge on any atom is 0.258 e. The van der Waals surface area contributed by atoms with Crippen molar-refractivity contribution >= 4 is 23.4 Å². The van der Waals surface area contributed by atoms with Crippen LogP contribution in [0.1, 0.15) is 10.4 Å². The van der Waals surface area contributed by atoms with E-state index in [2.05, 4.69) is 10.3 Å². The van der Waals surface area contributed by atoms with Gasteiger partial charge in [-0.05, 0) is 48.0 Å². The van der Waals surface area contributed by atoms with E-state index in [1.54, 1.807) is 48.5 Å². The number of aromatic hydroxyl groups is 1. The molecule has 36 heavy (non-hydrogen) atoms. The Morgan fingerprint density at radius 3 is 2.33 bits per heavy atom. The molecule has 0 bridgehead atoms. The van der Waals surface area contributed by atoms with Gasteiger partial charge in [0, 0.05) is 33.3 Å². The second-order valence-electron chi connectivity index (χ2n) is 7.95. The van der Waals surface area contributed by atoms with Crippen LogP contribution in [0.3, 0.4) is 0 Å². The third kappa shape index (κ3) is 4.67. The molecule has 1 heterocycles. The van der Waals surface area contributed by atoms with Crippen molar-refractivity contribution < 1.29 is 19.1 Å². The van der Waals surface area contributed by atoms with Gasteiger partial charge in [0.25, 0.3) is 5.91 Å². The summed E-state index contributed by atoms with van der Waals surface area (Å²) in [6, 6.07) is 28.5. The van der Waals surface area contributed by atoms with Crippen molar-refractivity contribution in [1.29, 1.82) is 0 Å². The van der Waals surface area contributed by atoms with Gasteiger partial charge in [-0.15, -0.1) is 0 Å². The lowest BCUT2D eigenvalue weighted by atomic mass is 9.98. The Morgan fingerprint density at radius 1 is 0.889 bits per heavy atom. The van der Waals surface area contributed by atoms with Crippen molar-refractivity contribution in [3.8, 4) is 45.3 Å². The summed E-state index contributed by atoms with van der Waals surface area (Å²) in [5, 5.41) is 14.0. The van der Waals surface area contributed by atoms with Gasteiger partial charge in [0.15, 0.2) is 0 Å². The Labute approximate surface area is 212 Å². The summed E-state index contributed by atoms with van der Waals surface area (Å²) in [5.41, 5.74) is 3.41. The molecule has 5 aromatic rings. The quantitative estimate of drug-likeness (QED) is 0.258. The number of hydrogen-bond donors (Lipinski definition) is 2. The van der Waals surface area contributed by atoms with Gasteiger partial charge in [-0.2, -0.15) is 0 Å². The number of carbonyl (C=O) groups is 1. The smallest absolute Gasteiger partial charge is 0.258 e. The number of methoxy groups -OCH3 is 1. The predicted molar refractivity (Wildman–Crippen MR) is 140 cm³/mol. The van der Waals surface area contributed by atoms with Crippen LogP contribution in [-0.2, 0) is 0 Å². The molecular formula is C29H21ClN2O4. The normalized spacial score (nSPS) is 10.7. The highest BCUT2D eigenvalue weighted by atomic mass is 35.5. The van der Waals surface area contributed by atoms with Gasteiger partial charge >= 0.3 is 0 Å². The topological polar surface area (TPSA) is 84.6 Å². The van der Waals surface area contributed by atoms with E-state index in [0.29, 0.717) is 39.0 Å². The Bertz CT molecular complexity index is 1530. The molecule has 178 valence electrons. The summed E-state index contributed by atoms with van der Waals surface area (Å²) in [7, 11) is 1.52. The van der Waals surface area contributed by atoms with Gasteiger partial charge in [0.2, 0.25) is 11.8 Å². The number of carbonyl (C=O) groups excluding carboxylic acids is 1. The summed E-state index contributed by atoms with van der Waals surface area (Å²) in [6.45, 7) is 0. The van der Waals surface area contributed by atoms with Gasteiger partial charge in [-0.1, -0.05) is 60.1 Å². The molecule has 0 radical (unpaired) electrons. The van der Waals surface area contributed by atoms with Crippen molar-refractivity contribution in [1.82, 2.24) is 4.98 Å². The van der Waals surface area contributed by atoms with Crippen LogP contribution >= 0.6 is 11.6 Å². The lowest BCUT2D eigenvalue weighted by molar-refractivity contribution is 0.102. The van der Waals surface area contributed by atoms with Gasteiger partial charge in [-0.25, -0.2) is 4.98 Å². The second kappa shape index (κ2) is 9.98. The summed E-state index contributed by atoms with van der Waals surface area (Å²) >= 11 is 6.07. The van der Waals surface area contributed by atoms with Crippen LogP contribution in [0.15, 0.2) is 101 Å². The number of hydrogen-bond acceptors (Lipinski definition) is 5. The molecule has 0 aliphatic heterocycles. The SMILES string of the molecule is COc1ccc(-c2ccccc2C(=O)Nc2oc(-c3ccccc3)nc2-c2ccc(Cl)cc2)c(O)c1. The number of amides is 1. The number of ether oxygens (including phenoxy) is 1. The average Bonchev–Trinajstić information content (AvgIpc) is 3.33. The number of nitrogens with zero attached hydrogens (tertiary/aromatic N) is 1. The lowest BCUT2D eigenvalue weighted by Gasteiger charge is -2.12. The molecule has 7 heteroatoms. The summed E-state index contributed by atoms with van der Waals surface area (Å²) < 4.78 is 11.2. The second-order valence-corrected chi connectivity index (χ2v) is 8.39. The van der Waals surface area contributed by atoms with Crippen molar-refractivity contribution in [3.63, 3.8) is 0 Å². The maximum atomic E-state index is 13.5. The van der Waals surface area contributed by atoms with E-state index >= 15 is 0 Å². The van der Waals surface area contributed by atoms with Crippen LogP contribution in [0.4, 0.5) is 5.88 Å². The zero-order valence-corrected chi connectivity index (χ0v) is 20.0. The number of nitrogens with one attached hydrogen (secondary N) is 1. The first kappa shape index (κ1) is 23.2. The zero-order chi connectivity index (χ0) is 25.1. The number of halogens is 1. The predicted octanol–water partition coefficient (Wildman–Crippen LogP) is 7.30. The summed E-state index contributed by atoms with van der Waals surface area (Å²) in [5.74, 6) is 0.682. The number of phenols is 1. The molecule has 0 saturated carbocycles. The molecule has 2 N–H and O–H groups in total. The maximum absolute atomic E-state index is 13.5. The first-order valence-corrected chi connectivity index (χ1v) is 11.5. The fourth-order valence-corrected chi connectivity index (χ4v) is 3.99. The highest BCUT2D eigenvalue weighted by Crippen LogP contribution is 2.36. The molecule has 0 fully saturated rings. The van der Waals surface area contributed by atoms with Crippen LogP contribution in [0.2, 0.25) is 5.02 Å². The van der Waals surface area contributed by atoms with E-state index in [0.717, 1.165) is 11.1 Å². The van der Waals surface area contributed by atoms with Crippen LogP contribution in [-0.4, -0.2) is 23.1 Å². The molecule has 0 saturated heterocycles. The summed E-state index contributed by atoms with van der Waals surface area (Å²) in [4.78, 5) is 18.2. The molecule has 0 unspecified atom stereocenters. The number of phenolic OH excluding ortho intramolecular Hbond substituents is 1. The first-order chi connectivity index (χ1) is 17.5. The Hall–Kier alpha value is -4.55. The van der Waals surface area contributed by atoms with E-state index in [1.165, 1.54) is 13.2 Å². The first-order valence-electron chi connectivity index (χ1n) is 11.1. The number of rotatable bonds is 6. The fourth-order valence-electron chi connectivity index (χ4n) is 3.87. The third-order valence-corrected chi connectivity index (χ3v) is 5.91. The largest absolute Gasteiger partial charge is 0.507 e. The van der Waals surface area contributed by atoms with Crippen molar-refractivity contribution in [2.45, 2.75) is 0 Å². The van der Waals surface area contributed by atoms with E-state index < -0.39 is 5.91 Å². The minimum Gasteiger partial charge on any atom is -0.507 e. The molecule has 5 rings (SSSR count). The highest BCUT2D eigenvalue weighted by molar-refractivity contribution is 6.30. The number of anilines is 1. The van der Waals surface area contributed by atoms with Crippen molar-refractivity contribution in [3.05, 3.63) is 108 Å². The van der Waals surface area contributed by atoms with E-state index in [-0.39, 0.29) is 11.6 Å². The number of benzene rings is 4. The molecule has 1 aromatic heterocycles. The minimum absolute atomic E-state index is 0.00230. The number of oxazole rings is 1. The Morgan fingerprint density at radius 2 is 1.61 bits per heavy atom.